The zero-order valence-electron chi connectivity index (χ0n) is 7.10. The number of nitrogens with one attached hydrogen (secondary N) is 1. The first-order chi connectivity index (χ1) is 5.88. The number of anilines is 1. The minimum atomic E-state index is 0.522. The molecule has 2 heteroatoms. The van der Waals surface area contributed by atoms with Gasteiger partial charge in [-0.3, -0.25) is 0 Å². The summed E-state index contributed by atoms with van der Waals surface area (Å²) < 4.78 is 0. The van der Waals surface area contributed by atoms with Crippen LogP contribution < -0.4 is 5.32 Å². The molecule has 0 aromatic carbocycles. The Bertz CT molecular complexity index is 299. The summed E-state index contributed by atoms with van der Waals surface area (Å²) in [6, 6.07) is 2.24. The van der Waals surface area contributed by atoms with E-state index in [-0.39, 0.29) is 0 Å². The van der Waals surface area contributed by atoms with Gasteiger partial charge in [-0.25, -0.2) is 0 Å². The van der Waals surface area contributed by atoms with Crippen LogP contribution in [0, 0.1) is 0 Å². The third-order valence-electron chi connectivity index (χ3n) is 3.29. The summed E-state index contributed by atoms with van der Waals surface area (Å²) in [6.07, 6.45) is 6.87. The smallest absolute Gasteiger partial charge is 0.0485 e. The van der Waals surface area contributed by atoms with E-state index in [1.54, 1.807) is 4.88 Å². The Labute approximate surface area is 76.8 Å². The summed E-state index contributed by atoms with van der Waals surface area (Å²) >= 11 is 1.90. The molecule has 0 radical (unpaired) electrons. The van der Waals surface area contributed by atoms with Crippen molar-refractivity contribution in [1.82, 2.24) is 0 Å². The normalized spacial score (nSPS) is 24.3. The number of hydrogen-bond acceptors (Lipinski definition) is 2. The van der Waals surface area contributed by atoms with Crippen LogP contribution in [0.4, 0.5) is 5.69 Å². The van der Waals surface area contributed by atoms with E-state index in [1.165, 1.54) is 37.8 Å². The molecule has 0 saturated heterocycles. The molecule has 2 aliphatic rings. The summed E-state index contributed by atoms with van der Waals surface area (Å²) in [5.74, 6) is 0. The second kappa shape index (κ2) is 2.25. The number of rotatable bonds is 0. The first kappa shape index (κ1) is 6.96. The standard InChI is InChI=1S/C10H13NS/c1-4-10(5-1)6-2-9-8(11-10)3-7-12-9/h3,7,11H,1-2,4-6H2. The topological polar surface area (TPSA) is 12.0 Å². The lowest BCUT2D eigenvalue weighted by Gasteiger charge is -2.46. The SMILES string of the molecule is c1cc2c(s1)CCC1(CCC1)N2. The molecule has 2 heterocycles. The number of fused-ring (bicyclic) bond motifs is 1. The second-order valence-electron chi connectivity index (χ2n) is 4.02. The average molecular weight is 179 g/mol. The fourth-order valence-electron chi connectivity index (χ4n) is 2.33. The maximum absolute atomic E-state index is 3.70. The van der Waals surface area contributed by atoms with Crippen molar-refractivity contribution in [2.24, 2.45) is 0 Å². The lowest BCUT2D eigenvalue weighted by atomic mass is 9.72. The minimum Gasteiger partial charge on any atom is -0.379 e. The molecule has 1 saturated carbocycles. The van der Waals surface area contributed by atoms with Crippen LogP contribution in [0.5, 0.6) is 0 Å². The Balaban J connectivity index is 1.93. The molecule has 1 fully saturated rings. The zero-order valence-corrected chi connectivity index (χ0v) is 7.91. The molecule has 1 aliphatic carbocycles. The Morgan fingerprint density at radius 2 is 2.25 bits per heavy atom. The van der Waals surface area contributed by atoms with Gasteiger partial charge in [0.25, 0.3) is 0 Å². The molecule has 64 valence electrons. The number of thiophene rings is 1. The van der Waals surface area contributed by atoms with Gasteiger partial charge in [-0.1, -0.05) is 0 Å². The fraction of sp³-hybridized carbons (Fsp3) is 0.600. The lowest BCUT2D eigenvalue weighted by Crippen LogP contribution is -2.47. The van der Waals surface area contributed by atoms with E-state index in [0.717, 1.165) is 0 Å². The van der Waals surface area contributed by atoms with E-state index in [9.17, 15) is 0 Å². The number of hydrogen-bond donors (Lipinski definition) is 1. The van der Waals surface area contributed by atoms with Crippen LogP contribution in [-0.2, 0) is 6.42 Å². The molecule has 3 rings (SSSR count). The summed E-state index contributed by atoms with van der Waals surface area (Å²) in [5.41, 5.74) is 1.94. The highest BCUT2D eigenvalue weighted by atomic mass is 32.1. The van der Waals surface area contributed by atoms with Crippen molar-refractivity contribution in [2.45, 2.75) is 37.6 Å². The van der Waals surface area contributed by atoms with Crippen molar-refractivity contribution in [3.63, 3.8) is 0 Å². The molecular formula is C10H13NS. The van der Waals surface area contributed by atoms with Crippen molar-refractivity contribution in [3.8, 4) is 0 Å². The Morgan fingerprint density at radius 1 is 1.33 bits per heavy atom. The van der Waals surface area contributed by atoms with Crippen molar-refractivity contribution in [3.05, 3.63) is 16.3 Å². The van der Waals surface area contributed by atoms with Crippen LogP contribution in [0.25, 0.3) is 0 Å². The van der Waals surface area contributed by atoms with Crippen LogP contribution in [0.15, 0.2) is 11.4 Å². The molecule has 0 amide bonds. The third kappa shape index (κ3) is 0.845. The van der Waals surface area contributed by atoms with Gasteiger partial charge in [0, 0.05) is 16.1 Å². The van der Waals surface area contributed by atoms with Gasteiger partial charge in [0.1, 0.15) is 0 Å². The molecule has 0 bridgehead atoms. The Kier molecular flexibility index (Phi) is 1.31. The minimum absolute atomic E-state index is 0.522. The van der Waals surface area contributed by atoms with E-state index in [2.05, 4.69) is 16.8 Å². The van der Waals surface area contributed by atoms with Crippen molar-refractivity contribution >= 4 is 17.0 Å². The molecule has 1 nitrogen and oxygen atoms in total. The molecule has 1 N–H and O–H groups in total. The summed E-state index contributed by atoms with van der Waals surface area (Å²) in [5, 5.41) is 5.90. The quantitative estimate of drug-likeness (QED) is 0.645. The van der Waals surface area contributed by atoms with Gasteiger partial charge in [0.15, 0.2) is 0 Å². The van der Waals surface area contributed by atoms with Gasteiger partial charge >= 0.3 is 0 Å². The van der Waals surface area contributed by atoms with Crippen LogP contribution in [0.2, 0.25) is 0 Å². The molecule has 1 aromatic heterocycles. The molecule has 12 heavy (non-hydrogen) atoms. The average Bonchev–Trinajstić information content (AvgIpc) is 2.46. The second-order valence-corrected chi connectivity index (χ2v) is 5.02. The molecular weight excluding hydrogens is 166 g/mol. The molecule has 0 unspecified atom stereocenters. The first-order valence-corrected chi connectivity index (χ1v) is 5.61. The molecule has 1 aromatic rings. The molecule has 1 aliphatic heterocycles. The number of aryl methyl sites for hydroxylation is 1. The van der Waals surface area contributed by atoms with Crippen LogP contribution in [0.3, 0.4) is 0 Å². The van der Waals surface area contributed by atoms with Gasteiger partial charge in [-0.15, -0.1) is 11.3 Å². The van der Waals surface area contributed by atoms with Gasteiger partial charge in [0.05, 0.1) is 0 Å². The molecule has 0 atom stereocenters. The Hall–Kier alpha value is -0.500. The van der Waals surface area contributed by atoms with E-state index in [4.69, 9.17) is 0 Å². The van der Waals surface area contributed by atoms with Gasteiger partial charge in [-0.2, -0.15) is 0 Å². The highest BCUT2D eigenvalue weighted by molar-refractivity contribution is 7.10. The summed E-state index contributed by atoms with van der Waals surface area (Å²) in [7, 11) is 0. The molecule has 1 spiro atoms. The van der Waals surface area contributed by atoms with Crippen LogP contribution >= 0.6 is 11.3 Å². The van der Waals surface area contributed by atoms with Gasteiger partial charge in [-0.05, 0) is 43.6 Å². The largest absolute Gasteiger partial charge is 0.379 e. The first-order valence-electron chi connectivity index (χ1n) is 4.73. The monoisotopic (exact) mass is 179 g/mol. The predicted molar refractivity (Wildman–Crippen MR) is 52.8 cm³/mol. The van der Waals surface area contributed by atoms with E-state index < -0.39 is 0 Å². The van der Waals surface area contributed by atoms with E-state index >= 15 is 0 Å². The maximum Gasteiger partial charge on any atom is 0.0485 e. The van der Waals surface area contributed by atoms with Gasteiger partial charge in [0.2, 0.25) is 0 Å². The fourth-order valence-corrected chi connectivity index (χ4v) is 3.16. The zero-order chi connectivity index (χ0) is 8.02. The van der Waals surface area contributed by atoms with Crippen molar-refractivity contribution in [2.75, 3.05) is 5.32 Å². The highest BCUT2D eigenvalue weighted by Crippen LogP contribution is 2.44. The lowest BCUT2D eigenvalue weighted by molar-refractivity contribution is 0.255. The van der Waals surface area contributed by atoms with E-state index in [1.807, 2.05) is 11.3 Å². The van der Waals surface area contributed by atoms with Crippen molar-refractivity contribution in [1.29, 1.82) is 0 Å². The summed E-state index contributed by atoms with van der Waals surface area (Å²) in [6.45, 7) is 0. The highest BCUT2D eigenvalue weighted by Gasteiger charge is 2.39. The van der Waals surface area contributed by atoms with Crippen LogP contribution in [0.1, 0.15) is 30.6 Å². The van der Waals surface area contributed by atoms with Crippen LogP contribution in [-0.4, -0.2) is 5.54 Å². The van der Waals surface area contributed by atoms with Crippen molar-refractivity contribution < 1.29 is 0 Å². The third-order valence-corrected chi connectivity index (χ3v) is 4.27. The Morgan fingerprint density at radius 3 is 3.00 bits per heavy atom. The summed E-state index contributed by atoms with van der Waals surface area (Å²) in [4.78, 5) is 1.56. The van der Waals surface area contributed by atoms with Gasteiger partial charge < -0.3 is 5.32 Å². The predicted octanol–water partition coefficient (Wildman–Crippen LogP) is 3.03. The van der Waals surface area contributed by atoms with E-state index in [0.29, 0.717) is 5.54 Å². The maximum atomic E-state index is 3.70.